The second kappa shape index (κ2) is 10.1. The van der Waals surface area contributed by atoms with E-state index in [1.807, 2.05) is 41.8 Å². The van der Waals surface area contributed by atoms with Gasteiger partial charge in [-0.2, -0.15) is 0 Å². The van der Waals surface area contributed by atoms with Gasteiger partial charge in [-0.1, -0.05) is 17.7 Å². The predicted molar refractivity (Wildman–Crippen MR) is 117 cm³/mol. The van der Waals surface area contributed by atoms with Crippen molar-refractivity contribution in [2.24, 2.45) is 0 Å². The smallest absolute Gasteiger partial charge is 0.251 e. The third-order valence-corrected chi connectivity index (χ3v) is 5.42. The molecule has 0 radical (unpaired) electrons. The summed E-state index contributed by atoms with van der Waals surface area (Å²) in [7, 11) is 1.60. The molecular weight excluding hydrogens is 408 g/mol. The van der Waals surface area contributed by atoms with Crippen molar-refractivity contribution >= 4 is 40.4 Å². The number of benzene rings is 2. The number of amides is 2. The largest absolute Gasteiger partial charge is 0.497 e. The van der Waals surface area contributed by atoms with E-state index in [0.717, 1.165) is 16.3 Å². The summed E-state index contributed by atoms with van der Waals surface area (Å²) < 4.78 is 5.20. The lowest BCUT2D eigenvalue weighted by molar-refractivity contribution is -0.118. The van der Waals surface area contributed by atoms with Crippen LogP contribution in [0.5, 0.6) is 5.75 Å². The van der Waals surface area contributed by atoms with Crippen molar-refractivity contribution in [3.05, 3.63) is 81.5 Å². The predicted octanol–water partition coefficient (Wildman–Crippen LogP) is 4.76. The Morgan fingerprint density at radius 3 is 2.41 bits per heavy atom. The third kappa shape index (κ3) is 5.82. The quantitative estimate of drug-likeness (QED) is 0.562. The van der Waals surface area contributed by atoms with Gasteiger partial charge in [-0.3, -0.25) is 9.59 Å². The highest BCUT2D eigenvalue weighted by molar-refractivity contribution is 7.09. The average Bonchev–Trinajstić information content (AvgIpc) is 3.26. The number of carbonyl (C=O) groups excluding carboxylic acids is 2. The molecule has 29 heavy (non-hydrogen) atoms. The molecule has 3 aromatic rings. The monoisotopic (exact) mass is 428 g/mol. The molecule has 2 aromatic carbocycles. The van der Waals surface area contributed by atoms with Gasteiger partial charge < -0.3 is 15.0 Å². The number of anilines is 1. The van der Waals surface area contributed by atoms with Crippen LogP contribution in [0.3, 0.4) is 0 Å². The molecule has 3 rings (SSSR count). The van der Waals surface area contributed by atoms with Crippen molar-refractivity contribution < 1.29 is 14.3 Å². The molecule has 150 valence electrons. The number of nitrogens with one attached hydrogen (secondary N) is 1. The van der Waals surface area contributed by atoms with Gasteiger partial charge >= 0.3 is 0 Å². The number of thiophene rings is 1. The maximum Gasteiger partial charge on any atom is 0.251 e. The van der Waals surface area contributed by atoms with Crippen LogP contribution in [0.15, 0.2) is 66.0 Å². The molecule has 0 aliphatic carbocycles. The number of methoxy groups -OCH3 is 1. The number of ether oxygens (including phenoxy) is 1. The molecule has 0 atom stereocenters. The van der Waals surface area contributed by atoms with Crippen LogP contribution in [-0.4, -0.2) is 25.5 Å². The van der Waals surface area contributed by atoms with E-state index >= 15 is 0 Å². The van der Waals surface area contributed by atoms with E-state index in [1.54, 1.807) is 47.6 Å². The zero-order valence-corrected chi connectivity index (χ0v) is 17.5. The van der Waals surface area contributed by atoms with Crippen LogP contribution in [0.1, 0.15) is 21.7 Å². The average molecular weight is 429 g/mol. The fourth-order valence-electron chi connectivity index (χ4n) is 2.77. The summed E-state index contributed by atoms with van der Waals surface area (Å²) in [5.41, 5.74) is 1.29. The second-order valence-corrected chi connectivity index (χ2v) is 7.74. The Hall–Kier alpha value is -2.83. The maximum atomic E-state index is 12.9. The molecule has 0 aliphatic heterocycles. The van der Waals surface area contributed by atoms with Crippen LogP contribution < -0.4 is 15.0 Å². The van der Waals surface area contributed by atoms with Gasteiger partial charge in [-0.15, -0.1) is 11.3 Å². The van der Waals surface area contributed by atoms with Crippen LogP contribution in [-0.2, 0) is 11.3 Å². The van der Waals surface area contributed by atoms with E-state index < -0.39 is 0 Å². The Morgan fingerprint density at radius 2 is 1.79 bits per heavy atom. The van der Waals surface area contributed by atoms with E-state index in [4.69, 9.17) is 16.3 Å². The Bertz CT molecular complexity index is 941. The Kier molecular flexibility index (Phi) is 7.27. The first-order valence-electron chi connectivity index (χ1n) is 9.07. The molecule has 5 nitrogen and oxygen atoms in total. The fraction of sp³-hybridized carbons (Fsp3) is 0.182. The lowest BCUT2D eigenvalue weighted by Crippen LogP contribution is -2.34. The molecule has 2 amide bonds. The molecule has 0 unspecified atom stereocenters. The fourth-order valence-corrected chi connectivity index (χ4v) is 3.58. The van der Waals surface area contributed by atoms with E-state index in [2.05, 4.69) is 5.32 Å². The van der Waals surface area contributed by atoms with E-state index in [0.29, 0.717) is 17.1 Å². The molecule has 1 N–H and O–H groups in total. The van der Waals surface area contributed by atoms with Gasteiger partial charge in [-0.25, -0.2) is 0 Å². The number of hydrogen-bond acceptors (Lipinski definition) is 4. The highest BCUT2D eigenvalue weighted by Gasteiger charge is 2.17. The van der Waals surface area contributed by atoms with Gasteiger partial charge in [0, 0.05) is 34.1 Å². The number of nitrogens with zero attached hydrogens (tertiary/aromatic N) is 1. The summed E-state index contributed by atoms with van der Waals surface area (Å²) >= 11 is 7.44. The number of carbonyl (C=O) groups is 2. The van der Waals surface area contributed by atoms with Crippen molar-refractivity contribution in [2.75, 3.05) is 18.6 Å². The Labute approximate surface area is 178 Å². The molecule has 0 spiro atoms. The first kappa shape index (κ1) is 20.9. The van der Waals surface area contributed by atoms with Crippen molar-refractivity contribution in [1.29, 1.82) is 0 Å². The molecule has 0 saturated carbocycles. The zero-order chi connectivity index (χ0) is 20.6. The van der Waals surface area contributed by atoms with Gasteiger partial charge in [0.2, 0.25) is 5.91 Å². The molecule has 0 fully saturated rings. The minimum Gasteiger partial charge on any atom is -0.497 e. The van der Waals surface area contributed by atoms with Gasteiger partial charge in [0.05, 0.1) is 13.7 Å². The van der Waals surface area contributed by atoms with Crippen LogP contribution in [0.2, 0.25) is 5.02 Å². The van der Waals surface area contributed by atoms with Crippen LogP contribution in [0, 0.1) is 0 Å². The van der Waals surface area contributed by atoms with Gasteiger partial charge in [0.15, 0.2) is 0 Å². The van der Waals surface area contributed by atoms with Crippen molar-refractivity contribution in [3.63, 3.8) is 0 Å². The summed E-state index contributed by atoms with van der Waals surface area (Å²) in [4.78, 5) is 27.9. The topological polar surface area (TPSA) is 58.6 Å². The summed E-state index contributed by atoms with van der Waals surface area (Å²) in [6.45, 7) is 0.728. The highest BCUT2D eigenvalue weighted by atomic mass is 35.5. The first-order chi connectivity index (χ1) is 14.1. The third-order valence-electron chi connectivity index (χ3n) is 4.31. The number of halogens is 1. The molecule has 1 aromatic heterocycles. The van der Waals surface area contributed by atoms with Crippen molar-refractivity contribution in [2.45, 2.75) is 13.0 Å². The molecule has 0 bridgehead atoms. The summed E-state index contributed by atoms with van der Waals surface area (Å²) in [5, 5.41) is 5.34. The molecule has 0 aliphatic rings. The minimum absolute atomic E-state index is 0.0695. The SMILES string of the molecule is COc1ccc(N(Cc2cccs2)C(=O)CCNC(=O)c2ccc(Cl)cc2)cc1. The lowest BCUT2D eigenvalue weighted by Gasteiger charge is -2.23. The number of rotatable bonds is 8. The van der Waals surface area contributed by atoms with Crippen molar-refractivity contribution in [1.82, 2.24) is 5.32 Å². The second-order valence-electron chi connectivity index (χ2n) is 6.27. The van der Waals surface area contributed by atoms with E-state index in [1.165, 1.54) is 0 Å². The number of hydrogen-bond donors (Lipinski definition) is 1. The standard InChI is InChI=1S/C22H21ClN2O3S/c1-28-19-10-8-18(9-11-19)25(15-20-3-2-14-29-20)21(26)12-13-24-22(27)16-4-6-17(23)7-5-16/h2-11,14H,12-13,15H2,1H3,(H,24,27). The maximum absolute atomic E-state index is 12.9. The Morgan fingerprint density at radius 1 is 1.07 bits per heavy atom. The van der Waals surface area contributed by atoms with Gasteiger partial charge in [-0.05, 0) is 60.0 Å². The molecule has 7 heteroatoms. The summed E-state index contributed by atoms with van der Waals surface area (Å²) in [5.74, 6) is 0.427. The van der Waals surface area contributed by atoms with Crippen LogP contribution in [0.4, 0.5) is 5.69 Å². The van der Waals surface area contributed by atoms with Crippen LogP contribution >= 0.6 is 22.9 Å². The van der Waals surface area contributed by atoms with E-state index in [-0.39, 0.29) is 24.8 Å². The van der Waals surface area contributed by atoms with Crippen LogP contribution in [0.25, 0.3) is 0 Å². The minimum atomic E-state index is -0.233. The lowest BCUT2D eigenvalue weighted by atomic mass is 10.2. The summed E-state index contributed by atoms with van der Waals surface area (Å²) in [6.07, 6.45) is 0.191. The van der Waals surface area contributed by atoms with Gasteiger partial charge in [0.25, 0.3) is 5.91 Å². The highest BCUT2D eigenvalue weighted by Crippen LogP contribution is 2.23. The first-order valence-corrected chi connectivity index (χ1v) is 10.3. The van der Waals surface area contributed by atoms with E-state index in [9.17, 15) is 9.59 Å². The Balaban J connectivity index is 1.64. The normalized spacial score (nSPS) is 10.4. The van der Waals surface area contributed by atoms with Gasteiger partial charge in [0.1, 0.15) is 5.75 Å². The zero-order valence-electron chi connectivity index (χ0n) is 15.9. The molecule has 0 saturated heterocycles. The molecule has 1 heterocycles. The van der Waals surface area contributed by atoms with Crippen molar-refractivity contribution in [3.8, 4) is 5.75 Å². The molecular formula is C22H21ClN2O3S. The summed E-state index contributed by atoms with van der Waals surface area (Å²) in [6, 6.07) is 18.0.